The van der Waals surface area contributed by atoms with Crippen LogP contribution in [0.2, 0.25) is 0 Å². The van der Waals surface area contributed by atoms with Gasteiger partial charge in [-0.2, -0.15) is 0 Å². The van der Waals surface area contributed by atoms with E-state index in [0.717, 1.165) is 43.1 Å². The van der Waals surface area contributed by atoms with E-state index in [-0.39, 0.29) is 5.56 Å². The van der Waals surface area contributed by atoms with Crippen LogP contribution in [0.4, 0.5) is 11.4 Å². The molecule has 2 N–H and O–H groups in total. The van der Waals surface area contributed by atoms with Crippen LogP contribution in [0.1, 0.15) is 0 Å². The van der Waals surface area contributed by atoms with Crippen molar-refractivity contribution in [2.75, 3.05) is 43.4 Å². The minimum Gasteiger partial charge on any atom is -0.388 e. The maximum Gasteiger partial charge on any atom is 0.258 e. The summed E-state index contributed by atoms with van der Waals surface area (Å²) in [6, 6.07) is 13.5. The first kappa shape index (κ1) is 15.7. The Morgan fingerprint density at radius 3 is 2.56 bits per heavy atom. The molecule has 0 unspecified atom stereocenters. The quantitative estimate of drug-likeness (QED) is 0.764. The van der Waals surface area contributed by atoms with Crippen LogP contribution in [0, 0.1) is 0 Å². The lowest BCUT2D eigenvalue weighted by Crippen LogP contribution is -2.43. The summed E-state index contributed by atoms with van der Waals surface area (Å²) in [5.41, 5.74) is 4.33. The molecule has 4 rings (SSSR count). The summed E-state index contributed by atoms with van der Waals surface area (Å²) in [5.74, 6) is 0. The van der Waals surface area contributed by atoms with Crippen molar-refractivity contribution in [2.45, 2.75) is 0 Å². The van der Waals surface area contributed by atoms with Crippen LogP contribution in [0.3, 0.4) is 0 Å². The van der Waals surface area contributed by atoms with Crippen molar-refractivity contribution in [3.63, 3.8) is 0 Å². The summed E-state index contributed by atoms with van der Waals surface area (Å²) in [6.07, 6.45) is 1.89. The summed E-state index contributed by atoms with van der Waals surface area (Å²) >= 11 is 0. The largest absolute Gasteiger partial charge is 0.388 e. The number of pyridine rings is 1. The van der Waals surface area contributed by atoms with Gasteiger partial charge in [-0.15, -0.1) is 0 Å². The summed E-state index contributed by atoms with van der Waals surface area (Å²) in [4.78, 5) is 19.6. The Kier molecular flexibility index (Phi) is 4.11. The monoisotopic (exact) mass is 335 g/mol. The van der Waals surface area contributed by atoms with Gasteiger partial charge in [-0.25, -0.2) is 4.98 Å². The second kappa shape index (κ2) is 6.57. The molecule has 0 amide bonds. The molecule has 0 radical (unpaired) electrons. The molecule has 1 aromatic carbocycles. The van der Waals surface area contributed by atoms with Gasteiger partial charge in [0.1, 0.15) is 5.65 Å². The van der Waals surface area contributed by atoms with Gasteiger partial charge >= 0.3 is 0 Å². The first-order chi connectivity index (χ1) is 12.2. The smallest absolute Gasteiger partial charge is 0.258 e. The first-order valence-electron chi connectivity index (χ1n) is 8.52. The second-order valence-corrected chi connectivity index (χ2v) is 6.16. The highest BCUT2D eigenvalue weighted by Gasteiger charge is 2.12. The Balaban J connectivity index is 1.73. The molecule has 6 nitrogen and oxygen atoms in total. The fraction of sp³-hybridized carbons (Fsp3) is 0.263. The molecule has 3 aromatic rings. The van der Waals surface area contributed by atoms with Crippen molar-refractivity contribution in [1.82, 2.24) is 14.7 Å². The molecule has 1 aliphatic heterocycles. The van der Waals surface area contributed by atoms with Gasteiger partial charge in [0, 0.05) is 56.7 Å². The minimum absolute atomic E-state index is 0.0605. The van der Waals surface area contributed by atoms with Crippen LogP contribution in [-0.2, 0) is 0 Å². The van der Waals surface area contributed by atoms with Crippen molar-refractivity contribution in [1.29, 1.82) is 0 Å². The Bertz CT molecular complexity index is 942. The Morgan fingerprint density at radius 2 is 1.84 bits per heavy atom. The number of anilines is 2. The topological polar surface area (TPSA) is 61.7 Å². The fourth-order valence-electron chi connectivity index (χ4n) is 3.16. The van der Waals surface area contributed by atoms with Crippen LogP contribution in [0.15, 0.2) is 53.5 Å². The van der Waals surface area contributed by atoms with E-state index in [1.807, 2.05) is 49.6 Å². The van der Waals surface area contributed by atoms with E-state index in [1.165, 1.54) is 0 Å². The van der Waals surface area contributed by atoms with Gasteiger partial charge in [0.25, 0.3) is 5.56 Å². The molecule has 3 heterocycles. The molecule has 6 heteroatoms. The highest BCUT2D eigenvalue weighted by Crippen LogP contribution is 2.20. The molecular weight excluding hydrogens is 314 g/mol. The van der Waals surface area contributed by atoms with E-state index in [2.05, 4.69) is 20.5 Å². The lowest BCUT2D eigenvalue weighted by molar-refractivity contribution is 0.588. The summed E-state index contributed by atoms with van der Waals surface area (Å²) < 4.78 is 1.63. The van der Waals surface area contributed by atoms with Gasteiger partial charge in [0.2, 0.25) is 0 Å². The number of hydrogen-bond acceptors (Lipinski definition) is 5. The van der Waals surface area contributed by atoms with E-state index in [9.17, 15) is 4.79 Å². The number of benzene rings is 1. The highest BCUT2D eigenvalue weighted by molar-refractivity contribution is 5.65. The molecule has 2 aromatic heterocycles. The average Bonchev–Trinajstić information content (AvgIpc) is 2.68. The molecule has 0 bridgehead atoms. The Morgan fingerprint density at radius 1 is 1.08 bits per heavy atom. The summed E-state index contributed by atoms with van der Waals surface area (Å²) in [7, 11) is 1.88. The van der Waals surface area contributed by atoms with Crippen molar-refractivity contribution in [3.8, 4) is 11.3 Å². The molecule has 1 fully saturated rings. The SMILES string of the molecule is CNc1ccc(-c2cc(=O)n3cc(N4CCNCC4)ccc3n2)cc1. The third kappa shape index (κ3) is 3.08. The van der Waals surface area contributed by atoms with Gasteiger partial charge < -0.3 is 15.5 Å². The maximum absolute atomic E-state index is 12.6. The molecular formula is C19H21N5O. The lowest BCUT2D eigenvalue weighted by atomic mass is 10.1. The molecule has 1 aliphatic rings. The number of nitrogens with one attached hydrogen (secondary N) is 2. The number of nitrogens with zero attached hydrogens (tertiary/aromatic N) is 3. The average molecular weight is 335 g/mol. The predicted molar refractivity (Wildman–Crippen MR) is 102 cm³/mol. The molecule has 0 aliphatic carbocycles. The standard InChI is InChI=1S/C19H21N5O/c1-20-15-4-2-14(3-5-15)17-12-19(25)24-13-16(6-7-18(24)22-17)23-10-8-21-9-11-23/h2-7,12-13,20-21H,8-11H2,1H3. The number of rotatable bonds is 3. The van der Waals surface area contributed by atoms with Crippen molar-refractivity contribution in [3.05, 3.63) is 59.0 Å². The lowest BCUT2D eigenvalue weighted by Gasteiger charge is -2.29. The molecule has 1 saturated heterocycles. The Hall–Kier alpha value is -2.86. The van der Waals surface area contributed by atoms with E-state index in [1.54, 1.807) is 10.5 Å². The van der Waals surface area contributed by atoms with Gasteiger partial charge in [-0.1, -0.05) is 12.1 Å². The predicted octanol–water partition coefficient (Wildman–Crippen LogP) is 1.81. The van der Waals surface area contributed by atoms with Gasteiger partial charge in [-0.05, 0) is 24.3 Å². The first-order valence-corrected chi connectivity index (χ1v) is 8.52. The van der Waals surface area contributed by atoms with E-state index >= 15 is 0 Å². The van der Waals surface area contributed by atoms with Crippen LogP contribution in [-0.4, -0.2) is 42.6 Å². The summed E-state index contributed by atoms with van der Waals surface area (Å²) in [6.45, 7) is 3.83. The van der Waals surface area contributed by atoms with Crippen molar-refractivity contribution in [2.24, 2.45) is 0 Å². The fourth-order valence-corrected chi connectivity index (χ4v) is 3.16. The normalized spacial score (nSPS) is 14.7. The zero-order valence-electron chi connectivity index (χ0n) is 14.2. The Labute approximate surface area is 146 Å². The summed E-state index contributed by atoms with van der Waals surface area (Å²) in [5, 5.41) is 6.43. The van der Waals surface area contributed by atoms with E-state index in [4.69, 9.17) is 0 Å². The van der Waals surface area contributed by atoms with Crippen molar-refractivity contribution >= 4 is 17.0 Å². The number of fused-ring (bicyclic) bond motifs is 1. The maximum atomic E-state index is 12.6. The van der Waals surface area contributed by atoms with Crippen molar-refractivity contribution < 1.29 is 0 Å². The zero-order valence-corrected chi connectivity index (χ0v) is 14.2. The van der Waals surface area contributed by atoms with Crippen LogP contribution >= 0.6 is 0 Å². The highest BCUT2D eigenvalue weighted by atomic mass is 16.1. The third-order valence-electron chi connectivity index (χ3n) is 4.60. The van der Waals surface area contributed by atoms with Gasteiger partial charge in [-0.3, -0.25) is 9.20 Å². The molecule has 0 spiro atoms. The van der Waals surface area contributed by atoms with Gasteiger partial charge in [0.15, 0.2) is 0 Å². The van der Waals surface area contributed by atoms with Crippen LogP contribution in [0.25, 0.3) is 16.9 Å². The zero-order chi connectivity index (χ0) is 17.2. The molecule has 25 heavy (non-hydrogen) atoms. The minimum atomic E-state index is -0.0605. The number of hydrogen-bond donors (Lipinski definition) is 2. The number of aromatic nitrogens is 2. The van der Waals surface area contributed by atoms with Crippen LogP contribution in [0.5, 0.6) is 0 Å². The second-order valence-electron chi connectivity index (χ2n) is 6.16. The third-order valence-corrected chi connectivity index (χ3v) is 4.60. The molecule has 128 valence electrons. The van der Waals surface area contributed by atoms with E-state index in [0.29, 0.717) is 11.3 Å². The molecule has 0 atom stereocenters. The molecule has 0 saturated carbocycles. The van der Waals surface area contributed by atoms with Crippen LogP contribution < -0.4 is 21.1 Å². The number of piperazine rings is 1. The van der Waals surface area contributed by atoms with Gasteiger partial charge in [0.05, 0.1) is 11.4 Å². The van der Waals surface area contributed by atoms with E-state index < -0.39 is 0 Å².